The van der Waals surface area contributed by atoms with Crippen LogP contribution in [0.4, 0.5) is 13.2 Å². The fourth-order valence-corrected chi connectivity index (χ4v) is 1.54. The highest BCUT2D eigenvalue weighted by molar-refractivity contribution is 5.73. The third-order valence-corrected chi connectivity index (χ3v) is 2.49. The molecule has 1 rings (SSSR count). The molecule has 0 radical (unpaired) electrons. The van der Waals surface area contributed by atoms with Crippen molar-refractivity contribution < 1.29 is 27.8 Å². The average Bonchev–Trinajstić information content (AvgIpc) is 2.25. The Morgan fingerprint density at radius 3 is 2.21 bits per heavy atom. The molecule has 0 fully saturated rings. The van der Waals surface area contributed by atoms with E-state index < -0.39 is 18.4 Å². The number of aliphatic carboxylic acids is 1. The van der Waals surface area contributed by atoms with Gasteiger partial charge in [-0.1, -0.05) is 12.1 Å². The van der Waals surface area contributed by atoms with Gasteiger partial charge in [0.25, 0.3) is 0 Å². The number of hydrogen-bond donors (Lipinski definition) is 1. The van der Waals surface area contributed by atoms with Gasteiger partial charge in [0.2, 0.25) is 0 Å². The molecule has 19 heavy (non-hydrogen) atoms. The molecule has 0 aliphatic rings. The van der Waals surface area contributed by atoms with Crippen LogP contribution >= 0.6 is 0 Å². The predicted molar refractivity (Wildman–Crippen MR) is 61.9 cm³/mol. The molecule has 0 spiro atoms. The fourth-order valence-electron chi connectivity index (χ4n) is 1.54. The lowest BCUT2D eigenvalue weighted by atomic mass is 10.1. The summed E-state index contributed by atoms with van der Waals surface area (Å²) < 4.78 is 39.6. The molecule has 0 unspecified atom stereocenters. The molecule has 0 saturated heterocycles. The average molecular weight is 277 g/mol. The second kappa shape index (κ2) is 5.92. The van der Waals surface area contributed by atoms with Crippen molar-refractivity contribution in [1.82, 2.24) is 4.90 Å². The van der Waals surface area contributed by atoms with Crippen molar-refractivity contribution in [3.05, 3.63) is 29.8 Å². The number of carboxylic acid groups (broad SMARTS) is 1. The molecule has 1 N–H and O–H groups in total. The third-order valence-electron chi connectivity index (χ3n) is 2.49. The summed E-state index contributed by atoms with van der Waals surface area (Å²) in [7, 11) is 3.25. The summed E-state index contributed by atoms with van der Waals surface area (Å²) in [6, 6.07) is 4.44. The summed E-state index contributed by atoms with van der Waals surface area (Å²) in [5.74, 6) is -1.31. The second-order valence-corrected chi connectivity index (χ2v) is 4.21. The third kappa shape index (κ3) is 5.17. The minimum Gasteiger partial charge on any atom is -0.480 e. The van der Waals surface area contributed by atoms with Crippen molar-refractivity contribution in [2.45, 2.75) is 18.8 Å². The largest absolute Gasteiger partial charge is 0.573 e. The van der Waals surface area contributed by atoms with Gasteiger partial charge in [0.05, 0.1) is 0 Å². The van der Waals surface area contributed by atoms with Gasteiger partial charge in [0.15, 0.2) is 0 Å². The molecular formula is C12H14F3NO3. The lowest BCUT2D eigenvalue weighted by Gasteiger charge is -2.20. The molecular weight excluding hydrogens is 263 g/mol. The lowest BCUT2D eigenvalue weighted by Crippen LogP contribution is -2.37. The number of carbonyl (C=O) groups is 1. The number of ether oxygens (including phenoxy) is 1. The highest BCUT2D eigenvalue weighted by Crippen LogP contribution is 2.23. The topological polar surface area (TPSA) is 49.8 Å². The predicted octanol–water partition coefficient (Wildman–Crippen LogP) is 2.14. The Bertz CT molecular complexity index is 429. The summed E-state index contributed by atoms with van der Waals surface area (Å²) in [6.45, 7) is 0. The quantitative estimate of drug-likeness (QED) is 0.896. The molecule has 7 heteroatoms. The zero-order valence-corrected chi connectivity index (χ0v) is 10.4. The molecule has 1 aromatic carbocycles. The normalized spacial score (nSPS) is 13.4. The van der Waals surface area contributed by atoms with Crippen molar-refractivity contribution in [3.8, 4) is 5.75 Å². The first-order chi connectivity index (χ1) is 8.69. The lowest BCUT2D eigenvalue weighted by molar-refractivity contribution is -0.274. The van der Waals surface area contributed by atoms with E-state index in [0.29, 0.717) is 5.56 Å². The molecule has 106 valence electrons. The van der Waals surface area contributed by atoms with Crippen molar-refractivity contribution in [2.75, 3.05) is 14.1 Å². The Hall–Kier alpha value is -1.76. The molecule has 0 bridgehead atoms. The molecule has 0 aliphatic carbocycles. The number of alkyl halides is 3. The van der Waals surface area contributed by atoms with Crippen molar-refractivity contribution in [2.24, 2.45) is 0 Å². The molecule has 0 heterocycles. The number of hydrogen-bond acceptors (Lipinski definition) is 3. The molecule has 0 aliphatic heterocycles. The van der Waals surface area contributed by atoms with E-state index in [1.54, 1.807) is 14.1 Å². The molecule has 0 saturated carbocycles. The van der Waals surface area contributed by atoms with E-state index in [-0.39, 0.29) is 12.2 Å². The maximum atomic E-state index is 12.0. The molecule has 1 atom stereocenters. The highest BCUT2D eigenvalue weighted by atomic mass is 19.4. The van der Waals surface area contributed by atoms with Crippen LogP contribution < -0.4 is 4.74 Å². The standard InChI is InChI=1S/C12H14F3NO3/c1-16(2)10(11(17)18)7-8-3-5-9(6-4-8)19-12(13,14)15/h3-6,10H,7H2,1-2H3,(H,17,18)/t10-/m0/s1. The Kier molecular flexibility index (Phi) is 4.77. The molecule has 1 aromatic rings. The van der Waals surface area contributed by atoms with Crippen LogP contribution in [0.25, 0.3) is 0 Å². The van der Waals surface area contributed by atoms with Crippen molar-refractivity contribution in [1.29, 1.82) is 0 Å². The number of likely N-dealkylation sites (N-methyl/N-ethyl adjacent to an activating group) is 1. The first kappa shape index (κ1) is 15.3. The van der Waals surface area contributed by atoms with E-state index in [0.717, 1.165) is 12.1 Å². The van der Waals surface area contributed by atoms with Crippen LogP contribution in [0.15, 0.2) is 24.3 Å². The van der Waals surface area contributed by atoms with Crippen LogP contribution in [0.2, 0.25) is 0 Å². The molecule has 4 nitrogen and oxygen atoms in total. The van der Waals surface area contributed by atoms with Gasteiger partial charge in [-0.15, -0.1) is 13.2 Å². The van der Waals surface area contributed by atoms with E-state index in [9.17, 15) is 18.0 Å². The first-order valence-corrected chi connectivity index (χ1v) is 5.43. The Balaban J connectivity index is 2.74. The SMILES string of the molecule is CN(C)[C@@H](Cc1ccc(OC(F)(F)F)cc1)C(=O)O. The van der Waals surface area contributed by atoms with Gasteiger partial charge < -0.3 is 9.84 Å². The van der Waals surface area contributed by atoms with Crippen molar-refractivity contribution in [3.63, 3.8) is 0 Å². The Morgan fingerprint density at radius 2 is 1.84 bits per heavy atom. The van der Waals surface area contributed by atoms with Gasteiger partial charge >= 0.3 is 12.3 Å². The summed E-state index contributed by atoms with van der Waals surface area (Å²) in [6.07, 6.45) is -4.52. The van der Waals surface area contributed by atoms with E-state index in [1.165, 1.54) is 17.0 Å². The number of nitrogens with zero attached hydrogens (tertiary/aromatic N) is 1. The number of carboxylic acids is 1. The van der Waals surface area contributed by atoms with Crippen LogP contribution in [0.1, 0.15) is 5.56 Å². The second-order valence-electron chi connectivity index (χ2n) is 4.21. The monoisotopic (exact) mass is 277 g/mol. The minimum atomic E-state index is -4.73. The van der Waals surface area contributed by atoms with E-state index in [2.05, 4.69) is 4.74 Å². The van der Waals surface area contributed by atoms with Gasteiger partial charge in [0, 0.05) is 0 Å². The Labute approximate surface area is 108 Å². The van der Waals surface area contributed by atoms with Crippen LogP contribution in [0.5, 0.6) is 5.75 Å². The Morgan fingerprint density at radius 1 is 1.32 bits per heavy atom. The van der Waals surface area contributed by atoms with Crippen LogP contribution in [-0.4, -0.2) is 42.5 Å². The number of halogens is 3. The van der Waals surface area contributed by atoms with Gasteiger partial charge in [-0.2, -0.15) is 0 Å². The van der Waals surface area contributed by atoms with Gasteiger partial charge in [-0.3, -0.25) is 9.69 Å². The van der Waals surface area contributed by atoms with Gasteiger partial charge in [-0.05, 0) is 38.2 Å². The fraction of sp³-hybridized carbons (Fsp3) is 0.417. The molecule has 0 amide bonds. The zero-order chi connectivity index (χ0) is 14.6. The number of benzene rings is 1. The summed E-state index contributed by atoms with van der Waals surface area (Å²) in [4.78, 5) is 12.5. The van der Waals surface area contributed by atoms with Gasteiger partial charge in [0.1, 0.15) is 11.8 Å². The van der Waals surface area contributed by atoms with Crippen LogP contribution in [0, 0.1) is 0 Å². The first-order valence-electron chi connectivity index (χ1n) is 5.43. The summed E-state index contributed by atoms with van der Waals surface area (Å²) >= 11 is 0. The maximum Gasteiger partial charge on any atom is 0.573 e. The van der Waals surface area contributed by atoms with E-state index >= 15 is 0 Å². The number of rotatable bonds is 5. The van der Waals surface area contributed by atoms with Crippen LogP contribution in [0.3, 0.4) is 0 Å². The zero-order valence-electron chi connectivity index (χ0n) is 10.4. The maximum absolute atomic E-state index is 12.0. The smallest absolute Gasteiger partial charge is 0.480 e. The highest BCUT2D eigenvalue weighted by Gasteiger charge is 2.31. The van der Waals surface area contributed by atoms with Gasteiger partial charge in [-0.25, -0.2) is 0 Å². The van der Waals surface area contributed by atoms with E-state index in [4.69, 9.17) is 5.11 Å². The van der Waals surface area contributed by atoms with Crippen molar-refractivity contribution >= 4 is 5.97 Å². The summed E-state index contributed by atoms with van der Waals surface area (Å²) in [5, 5.41) is 9.00. The van der Waals surface area contributed by atoms with E-state index in [1.807, 2.05) is 0 Å². The molecule has 0 aromatic heterocycles. The summed E-state index contributed by atoms with van der Waals surface area (Å²) in [5.41, 5.74) is 0.621. The van der Waals surface area contributed by atoms with Crippen LogP contribution in [-0.2, 0) is 11.2 Å². The minimum absolute atomic E-state index is 0.203.